The normalized spacial score (nSPS) is 20.3. The van der Waals surface area contributed by atoms with Crippen LogP contribution in [0.4, 0.5) is 0 Å². The summed E-state index contributed by atoms with van der Waals surface area (Å²) in [6.07, 6.45) is 3.34. The molecule has 0 radical (unpaired) electrons. The summed E-state index contributed by atoms with van der Waals surface area (Å²) in [6.45, 7) is 6.81. The fraction of sp³-hybridized carbons (Fsp3) is 0.600. The van der Waals surface area contributed by atoms with Gasteiger partial charge in [0.25, 0.3) is 11.8 Å². The highest BCUT2D eigenvalue weighted by molar-refractivity contribution is 9.10. The molecular formula is C20H27BrClN5O3S. The largest absolute Gasteiger partial charge is 0.480 e. The third-order valence-corrected chi connectivity index (χ3v) is 7.94. The molecule has 1 saturated carbocycles. The van der Waals surface area contributed by atoms with Crippen LogP contribution in [0, 0.1) is 11.3 Å². The zero-order valence-electron chi connectivity index (χ0n) is 18.0. The molecule has 31 heavy (non-hydrogen) atoms. The van der Waals surface area contributed by atoms with Crippen molar-refractivity contribution in [1.82, 2.24) is 25.2 Å². The van der Waals surface area contributed by atoms with Gasteiger partial charge in [0, 0.05) is 12.6 Å². The Morgan fingerprint density at radius 3 is 2.74 bits per heavy atom. The van der Waals surface area contributed by atoms with Gasteiger partial charge in [0.05, 0.1) is 17.8 Å². The number of rotatable bonds is 7. The van der Waals surface area contributed by atoms with Crippen LogP contribution in [0.25, 0.3) is 0 Å². The van der Waals surface area contributed by atoms with Crippen molar-refractivity contribution < 1.29 is 14.3 Å². The van der Waals surface area contributed by atoms with Crippen molar-refractivity contribution in [3.05, 3.63) is 25.8 Å². The maximum atomic E-state index is 12.8. The minimum absolute atomic E-state index is 0.0774. The fourth-order valence-electron chi connectivity index (χ4n) is 3.96. The highest BCUT2D eigenvalue weighted by Gasteiger charge is 2.36. The standard InChI is InChI=1S/C20H27BrClN5O3S/c1-5-11-14(22)15(26-25-11)17(28)24-12-6-7-20(2,3)8-10(12)9-23-18(29)16-13(21)19(30-4)27-31-16/h10,12H,5-9H2,1-4H3,(H,23,29)(H,24,28)(H,25,26). The number of ether oxygens (including phenoxy) is 1. The topological polar surface area (TPSA) is 109 Å². The van der Waals surface area contributed by atoms with Crippen molar-refractivity contribution in [1.29, 1.82) is 0 Å². The molecule has 2 unspecified atom stereocenters. The van der Waals surface area contributed by atoms with E-state index in [0.29, 0.717) is 33.2 Å². The van der Waals surface area contributed by atoms with Crippen LogP contribution in [0.15, 0.2) is 4.47 Å². The molecule has 3 rings (SSSR count). The van der Waals surface area contributed by atoms with Gasteiger partial charge in [-0.05, 0) is 64.5 Å². The number of carbonyl (C=O) groups excluding carboxylic acids is 2. The quantitative estimate of drug-likeness (QED) is 0.495. The van der Waals surface area contributed by atoms with Crippen LogP contribution < -0.4 is 15.4 Å². The predicted octanol–water partition coefficient (Wildman–Crippen LogP) is 4.21. The second-order valence-corrected chi connectivity index (χ2v) is 10.5. The van der Waals surface area contributed by atoms with E-state index in [1.807, 2.05) is 6.92 Å². The summed E-state index contributed by atoms with van der Waals surface area (Å²) in [5, 5.41) is 13.4. The molecule has 0 bridgehead atoms. The van der Waals surface area contributed by atoms with Gasteiger partial charge in [-0.1, -0.05) is 32.4 Å². The summed E-state index contributed by atoms with van der Waals surface area (Å²) in [4.78, 5) is 26.0. The zero-order chi connectivity index (χ0) is 22.8. The molecule has 0 spiro atoms. The SMILES string of the molecule is CCc1[nH]nc(C(=O)NC2CCC(C)(C)CC2CNC(=O)c2snc(OC)c2Br)c1Cl. The second-order valence-electron chi connectivity index (χ2n) is 8.51. The molecule has 0 saturated heterocycles. The van der Waals surface area contributed by atoms with E-state index in [2.05, 4.69) is 55.0 Å². The first-order valence-corrected chi connectivity index (χ1v) is 12.1. The van der Waals surface area contributed by atoms with Crippen LogP contribution in [0.5, 0.6) is 5.88 Å². The summed E-state index contributed by atoms with van der Waals surface area (Å²) in [6, 6.07) is -0.0851. The van der Waals surface area contributed by atoms with Gasteiger partial charge in [-0.15, -0.1) is 0 Å². The molecule has 170 valence electrons. The molecule has 2 atom stereocenters. The average Bonchev–Trinajstić information content (AvgIpc) is 3.29. The lowest BCUT2D eigenvalue weighted by atomic mass is 9.70. The summed E-state index contributed by atoms with van der Waals surface area (Å²) >= 11 is 10.7. The van der Waals surface area contributed by atoms with Crippen molar-refractivity contribution in [2.24, 2.45) is 11.3 Å². The number of hydrogen-bond acceptors (Lipinski definition) is 6. The fourth-order valence-corrected chi connectivity index (χ4v) is 5.69. The first-order valence-electron chi connectivity index (χ1n) is 10.2. The third kappa shape index (κ3) is 5.40. The van der Waals surface area contributed by atoms with Crippen molar-refractivity contribution in [2.75, 3.05) is 13.7 Å². The highest BCUT2D eigenvalue weighted by Crippen LogP contribution is 2.39. The van der Waals surface area contributed by atoms with Crippen LogP contribution in [0.1, 0.15) is 65.9 Å². The highest BCUT2D eigenvalue weighted by atomic mass is 79.9. The van der Waals surface area contributed by atoms with Gasteiger partial charge in [-0.3, -0.25) is 14.7 Å². The van der Waals surface area contributed by atoms with Crippen molar-refractivity contribution in [2.45, 2.75) is 52.5 Å². The van der Waals surface area contributed by atoms with Crippen molar-refractivity contribution >= 4 is 50.9 Å². The molecule has 2 amide bonds. The van der Waals surface area contributed by atoms with Crippen LogP contribution >= 0.6 is 39.1 Å². The Kier molecular flexibility index (Phi) is 7.64. The Morgan fingerprint density at radius 1 is 1.39 bits per heavy atom. The molecule has 11 heteroatoms. The lowest BCUT2D eigenvalue weighted by Crippen LogP contribution is -2.49. The minimum atomic E-state index is -0.295. The molecular weight excluding hydrogens is 506 g/mol. The smallest absolute Gasteiger partial charge is 0.273 e. The van der Waals surface area contributed by atoms with E-state index in [9.17, 15) is 9.59 Å². The van der Waals surface area contributed by atoms with Gasteiger partial charge in [-0.2, -0.15) is 9.47 Å². The summed E-state index contributed by atoms with van der Waals surface area (Å²) in [5.74, 6) is -0.0454. The molecule has 0 aliphatic heterocycles. The Bertz CT molecular complexity index is 961. The Labute approximate surface area is 199 Å². The van der Waals surface area contributed by atoms with Crippen molar-refractivity contribution in [3.8, 4) is 5.88 Å². The molecule has 2 aromatic heterocycles. The van der Waals surface area contributed by atoms with Crippen LogP contribution in [0.3, 0.4) is 0 Å². The van der Waals surface area contributed by atoms with Gasteiger partial charge in [-0.25, -0.2) is 0 Å². The molecule has 3 N–H and O–H groups in total. The number of aromatic nitrogens is 3. The van der Waals surface area contributed by atoms with Gasteiger partial charge in [0.2, 0.25) is 5.88 Å². The summed E-state index contributed by atoms with van der Waals surface area (Å²) in [7, 11) is 1.51. The summed E-state index contributed by atoms with van der Waals surface area (Å²) < 4.78 is 9.78. The number of aromatic amines is 1. The number of methoxy groups -OCH3 is 1. The average molecular weight is 533 g/mol. The summed E-state index contributed by atoms with van der Waals surface area (Å²) in [5.41, 5.74) is 1.09. The van der Waals surface area contributed by atoms with E-state index in [-0.39, 0.29) is 34.9 Å². The number of carbonyl (C=O) groups is 2. The van der Waals surface area contributed by atoms with E-state index >= 15 is 0 Å². The number of hydrogen-bond donors (Lipinski definition) is 3. The van der Waals surface area contributed by atoms with E-state index in [1.54, 1.807) is 0 Å². The Balaban J connectivity index is 1.69. The molecule has 0 aromatic carbocycles. The number of aryl methyl sites for hydroxylation is 1. The maximum absolute atomic E-state index is 12.8. The molecule has 1 aliphatic carbocycles. The monoisotopic (exact) mass is 531 g/mol. The van der Waals surface area contributed by atoms with Crippen LogP contribution in [-0.2, 0) is 6.42 Å². The number of amides is 2. The van der Waals surface area contributed by atoms with E-state index in [4.69, 9.17) is 16.3 Å². The van der Waals surface area contributed by atoms with Gasteiger partial charge in [0.15, 0.2) is 5.69 Å². The number of halogens is 2. The molecule has 2 aromatic rings. The van der Waals surface area contributed by atoms with Gasteiger partial charge >= 0.3 is 0 Å². The molecule has 2 heterocycles. The van der Waals surface area contributed by atoms with Gasteiger partial charge < -0.3 is 15.4 Å². The Hall–Kier alpha value is -1.65. The van der Waals surface area contributed by atoms with Crippen LogP contribution in [0.2, 0.25) is 5.02 Å². The van der Waals surface area contributed by atoms with E-state index in [1.165, 1.54) is 7.11 Å². The van der Waals surface area contributed by atoms with Crippen LogP contribution in [-0.4, -0.2) is 46.1 Å². The zero-order valence-corrected chi connectivity index (χ0v) is 21.1. The first-order chi connectivity index (χ1) is 14.7. The van der Waals surface area contributed by atoms with Gasteiger partial charge in [0.1, 0.15) is 9.35 Å². The first kappa shape index (κ1) is 24.0. The number of H-pyrrole nitrogens is 1. The van der Waals surface area contributed by atoms with Crippen molar-refractivity contribution in [3.63, 3.8) is 0 Å². The minimum Gasteiger partial charge on any atom is -0.480 e. The predicted molar refractivity (Wildman–Crippen MR) is 124 cm³/mol. The molecule has 1 aliphatic rings. The Morgan fingerprint density at radius 2 is 2.13 bits per heavy atom. The molecule has 1 fully saturated rings. The lowest BCUT2D eigenvalue weighted by molar-refractivity contribution is 0.0821. The third-order valence-electron chi connectivity index (χ3n) is 5.71. The second kappa shape index (κ2) is 9.87. The van der Waals surface area contributed by atoms with E-state index < -0.39 is 0 Å². The number of nitrogens with one attached hydrogen (secondary N) is 3. The maximum Gasteiger partial charge on any atom is 0.273 e. The lowest BCUT2D eigenvalue weighted by Gasteiger charge is -2.41. The van der Waals surface area contributed by atoms with E-state index in [0.717, 1.165) is 36.5 Å². The number of nitrogens with zero attached hydrogens (tertiary/aromatic N) is 2. The molecule has 8 nitrogen and oxygen atoms in total.